The SMILES string of the molecule is CCOc1ccc(OCc2nc([C@@H]3CCC[C@H](N)C3)n[nH]2)cc1. The standard InChI is InChI=1S/C17H24N4O2/c1-2-22-14-6-8-15(9-7-14)23-11-16-19-17(21-20-16)12-4-3-5-13(18)10-12/h6-9,12-13H,2-5,10-11,18H2,1H3,(H,19,20,21)/t12-,13+/m1/s1. The van der Waals surface area contributed by atoms with Crippen molar-refractivity contribution in [3.63, 3.8) is 0 Å². The Morgan fingerprint density at radius 1 is 1.17 bits per heavy atom. The molecule has 1 aliphatic rings. The molecule has 0 bridgehead atoms. The predicted octanol–water partition coefficient (Wildman–Crippen LogP) is 2.77. The summed E-state index contributed by atoms with van der Waals surface area (Å²) in [4.78, 5) is 4.56. The van der Waals surface area contributed by atoms with Crippen LogP contribution in [0, 0.1) is 0 Å². The lowest BCUT2D eigenvalue weighted by molar-refractivity contribution is 0.294. The first-order valence-corrected chi connectivity index (χ1v) is 8.27. The quantitative estimate of drug-likeness (QED) is 0.856. The molecule has 3 N–H and O–H groups in total. The number of H-pyrrole nitrogens is 1. The number of ether oxygens (including phenoxy) is 2. The van der Waals surface area contributed by atoms with E-state index in [1.165, 1.54) is 0 Å². The highest BCUT2D eigenvalue weighted by Gasteiger charge is 2.24. The first-order chi connectivity index (χ1) is 11.2. The second-order valence-electron chi connectivity index (χ2n) is 5.96. The summed E-state index contributed by atoms with van der Waals surface area (Å²) >= 11 is 0. The Morgan fingerprint density at radius 3 is 2.61 bits per heavy atom. The van der Waals surface area contributed by atoms with E-state index in [9.17, 15) is 0 Å². The highest BCUT2D eigenvalue weighted by atomic mass is 16.5. The molecule has 1 heterocycles. The molecule has 2 atom stereocenters. The molecule has 0 saturated heterocycles. The fourth-order valence-corrected chi connectivity index (χ4v) is 2.97. The van der Waals surface area contributed by atoms with Crippen molar-refractivity contribution in [2.75, 3.05) is 6.61 Å². The summed E-state index contributed by atoms with van der Waals surface area (Å²) in [5, 5.41) is 7.30. The van der Waals surface area contributed by atoms with Gasteiger partial charge in [0.2, 0.25) is 0 Å². The highest BCUT2D eigenvalue weighted by Crippen LogP contribution is 2.30. The maximum Gasteiger partial charge on any atom is 0.162 e. The van der Waals surface area contributed by atoms with Crippen LogP contribution in [0.2, 0.25) is 0 Å². The molecule has 124 valence electrons. The summed E-state index contributed by atoms with van der Waals surface area (Å²) in [5.41, 5.74) is 6.04. The molecule has 0 radical (unpaired) electrons. The number of nitrogens with one attached hydrogen (secondary N) is 1. The van der Waals surface area contributed by atoms with Gasteiger partial charge in [0.15, 0.2) is 11.6 Å². The molecule has 23 heavy (non-hydrogen) atoms. The van der Waals surface area contributed by atoms with E-state index in [0.717, 1.165) is 48.8 Å². The number of nitrogens with zero attached hydrogens (tertiary/aromatic N) is 2. The normalized spacial score (nSPS) is 21.1. The highest BCUT2D eigenvalue weighted by molar-refractivity contribution is 5.31. The monoisotopic (exact) mass is 316 g/mol. The van der Waals surface area contributed by atoms with E-state index in [1.54, 1.807) is 0 Å². The maximum absolute atomic E-state index is 6.04. The molecule has 0 spiro atoms. The van der Waals surface area contributed by atoms with Crippen LogP contribution in [0.3, 0.4) is 0 Å². The third-order valence-corrected chi connectivity index (χ3v) is 4.14. The van der Waals surface area contributed by atoms with E-state index in [1.807, 2.05) is 31.2 Å². The number of nitrogens with two attached hydrogens (primary N) is 1. The van der Waals surface area contributed by atoms with Gasteiger partial charge in [0.1, 0.15) is 18.1 Å². The molecule has 0 amide bonds. The number of aromatic nitrogens is 3. The van der Waals surface area contributed by atoms with Crippen molar-refractivity contribution in [3.05, 3.63) is 35.9 Å². The van der Waals surface area contributed by atoms with Crippen LogP contribution in [0.5, 0.6) is 11.5 Å². The Morgan fingerprint density at radius 2 is 1.91 bits per heavy atom. The zero-order valence-electron chi connectivity index (χ0n) is 13.5. The smallest absolute Gasteiger partial charge is 0.162 e. The molecular weight excluding hydrogens is 292 g/mol. The molecule has 1 aromatic heterocycles. The fourth-order valence-electron chi connectivity index (χ4n) is 2.97. The molecule has 2 aromatic rings. The topological polar surface area (TPSA) is 86.1 Å². The van der Waals surface area contributed by atoms with Gasteiger partial charge in [-0.25, -0.2) is 4.98 Å². The summed E-state index contributed by atoms with van der Waals surface area (Å²) < 4.78 is 11.1. The van der Waals surface area contributed by atoms with Gasteiger partial charge in [0.25, 0.3) is 0 Å². The second kappa shape index (κ2) is 7.46. The maximum atomic E-state index is 6.04. The van der Waals surface area contributed by atoms with Crippen LogP contribution >= 0.6 is 0 Å². The minimum absolute atomic E-state index is 0.274. The van der Waals surface area contributed by atoms with Gasteiger partial charge in [-0.05, 0) is 50.5 Å². The van der Waals surface area contributed by atoms with Crippen LogP contribution in [0.4, 0.5) is 0 Å². The van der Waals surface area contributed by atoms with E-state index < -0.39 is 0 Å². The van der Waals surface area contributed by atoms with Crippen LogP contribution in [0.1, 0.15) is 50.2 Å². The third kappa shape index (κ3) is 4.22. The van der Waals surface area contributed by atoms with E-state index in [-0.39, 0.29) is 6.04 Å². The van der Waals surface area contributed by atoms with Crippen molar-refractivity contribution in [1.29, 1.82) is 0 Å². The molecule has 0 aliphatic heterocycles. The van der Waals surface area contributed by atoms with E-state index in [0.29, 0.717) is 19.1 Å². The van der Waals surface area contributed by atoms with Gasteiger partial charge in [0.05, 0.1) is 6.61 Å². The predicted molar refractivity (Wildman–Crippen MR) is 87.5 cm³/mol. The number of hydrogen-bond donors (Lipinski definition) is 2. The summed E-state index contributed by atoms with van der Waals surface area (Å²) in [7, 11) is 0. The van der Waals surface area contributed by atoms with Crippen LogP contribution in [-0.4, -0.2) is 27.8 Å². The minimum Gasteiger partial charge on any atom is -0.494 e. The van der Waals surface area contributed by atoms with Gasteiger partial charge in [-0.15, -0.1) is 0 Å². The number of benzene rings is 1. The molecule has 6 heteroatoms. The molecule has 1 aromatic carbocycles. The number of rotatable bonds is 6. The van der Waals surface area contributed by atoms with E-state index in [4.69, 9.17) is 15.2 Å². The Labute approximate surface area is 136 Å². The first kappa shape index (κ1) is 15.8. The minimum atomic E-state index is 0.274. The summed E-state index contributed by atoms with van der Waals surface area (Å²) in [6, 6.07) is 7.85. The van der Waals surface area contributed by atoms with Crippen molar-refractivity contribution in [1.82, 2.24) is 15.2 Å². The molecule has 1 aliphatic carbocycles. The third-order valence-electron chi connectivity index (χ3n) is 4.14. The Balaban J connectivity index is 1.54. The van der Waals surface area contributed by atoms with E-state index in [2.05, 4.69) is 15.2 Å². The molecule has 1 fully saturated rings. The fraction of sp³-hybridized carbons (Fsp3) is 0.529. The van der Waals surface area contributed by atoms with Crippen LogP contribution in [0.15, 0.2) is 24.3 Å². The zero-order valence-corrected chi connectivity index (χ0v) is 13.5. The van der Waals surface area contributed by atoms with Crippen molar-refractivity contribution in [2.45, 2.75) is 51.2 Å². The Kier molecular flexibility index (Phi) is 5.12. The zero-order chi connectivity index (χ0) is 16.1. The lowest BCUT2D eigenvalue weighted by Gasteiger charge is -2.24. The summed E-state index contributed by atoms with van der Waals surface area (Å²) in [6.45, 7) is 3.00. The lowest BCUT2D eigenvalue weighted by Crippen LogP contribution is -2.27. The van der Waals surface area contributed by atoms with E-state index >= 15 is 0 Å². The average Bonchev–Trinajstić information content (AvgIpc) is 3.04. The van der Waals surface area contributed by atoms with Crippen LogP contribution in [-0.2, 0) is 6.61 Å². The Hall–Kier alpha value is -2.08. The van der Waals surface area contributed by atoms with Crippen molar-refractivity contribution in [3.8, 4) is 11.5 Å². The molecule has 1 saturated carbocycles. The van der Waals surface area contributed by atoms with Crippen LogP contribution < -0.4 is 15.2 Å². The first-order valence-electron chi connectivity index (χ1n) is 8.27. The summed E-state index contributed by atoms with van der Waals surface area (Å²) in [5.74, 6) is 3.61. The van der Waals surface area contributed by atoms with Gasteiger partial charge in [0, 0.05) is 12.0 Å². The molecule has 6 nitrogen and oxygen atoms in total. The van der Waals surface area contributed by atoms with Gasteiger partial charge in [-0.1, -0.05) is 6.42 Å². The average molecular weight is 316 g/mol. The number of aromatic amines is 1. The molecule has 0 unspecified atom stereocenters. The molecular formula is C17H24N4O2. The van der Waals surface area contributed by atoms with Gasteiger partial charge < -0.3 is 15.2 Å². The lowest BCUT2D eigenvalue weighted by atomic mass is 9.86. The van der Waals surface area contributed by atoms with Crippen molar-refractivity contribution >= 4 is 0 Å². The van der Waals surface area contributed by atoms with Crippen molar-refractivity contribution in [2.24, 2.45) is 5.73 Å². The van der Waals surface area contributed by atoms with Gasteiger partial charge in [-0.3, -0.25) is 5.10 Å². The Bertz CT molecular complexity index is 611. The summed E-state index contributed by atoms with van der Waals surface area (Å²) in [6.07, 6.45) is 4.34. The number of hydrogen-bond acceptors (Lipinski definition) is 5. The molecule has 3 rings (SSSR count). The van der Waals surface area contributed by atoms with Crippen molar-refractivity contribution < 1.29 is 9.47 Å². The van der Waals surface area contributed by atoms with Crippen LogP contribution in [0.25, 0.3) is 0 Å². The largest absolute Gasteiger partial charge is 0.494 e. The van der Waals surface area contributed by atoms with Gasteiger partial charge in [-0.2, -0.15) is 5.10 Å². The second-order valence-corrected chi connectivity index (χ2v) is 5.96. The van der Waals surface area contributed by atoms with Gasteiger partial charge >= 0.3 is 0 Å².